The van der Waals surface area contributed by atoms with Crippen molar-refractivity contribution in [2.24, 2.45) is 0 Å². The zero-order chi connectivity index (χ0) is 9.26. The molecule has 0 bridgehead atoms. The van der Waals surface area contributed by atoms with Crippen LogP contribution in [0.25, 0.3) is 5.57 Å². The molecule has 66 valence electrons. The van der Waals surface area contributed by atoms with Crippen LogP contribution < -0.4 is 0 Å². The third kappa shape index (κ3) is 1.22. The molecule has 1 aromatic heterocycles. The first-order valence-electron chi connectivity index (χ1n) is 4.15. The molecule has 13 heavy (non-hydrogen) atoms. The number of ketones is 1. The van der Waals surface area contributed by atoms with Crippen molar-refractivity contribution in [2.75, 3.05) is 0 Å². The van der Waals surface area contributed by atoms with E-state index in [1.165, 1.54) is 0 Å². The number of Topliss-reactive ketones (excluding diaryl/α,β-unsaturated/α-hetero) is 1. The summed E-state index contributed by atoms with van der Waals surface area (Å²) in [6.45, 7) is 0. The van der Waals surface area contributed by atoms with Crippen LogP contribution in [0.15, 0.2) is 24.6 Å². The van der Waals surface area contributed by atoms with Crippen LogP contribution in [0.5, 0.6) is 0 Å². The van der Waals surface area contributed by atoms with Gasteiger partial charge < -0.3 is 5.11 Å². The Morgan fingerprint density at radius 1 is 1.46 bits per heavy atom. The van der Waals surface area contributed by atoms with E-state index in [0.717, 1.165) is 17.5 Å². The normalized spacial score (nSPS) is 18.8. The van der Waals surface area contributed by atoms with E-state index < -0.39 is 0 Å². The van der Waals surface area contributed by atoms with Gasteiger partial charge in [0.25, 0.3) is 0 Å². The molecule has 0 saturated carbocycles. The molecule has 3 heteroatoms. The summed E-state index contributed by atoms with van der Waals surface area (Å²) in [5.41, 5.74) is 2.04. The summed E-state index contributed by atoms with van der Waals surface area (Å²) in [6.07, 6.45) is 3.69. The summed E-state index contributed by atoms with van der Waals surface area (Å²) in [6, 6.07) is 3.57. The number of allylic oxidation sites excluding steroid dienone is 1. The van der Waals surface area contributed by atoms with Gasteiger partial charge in [0.15, 0.2) is 5.78 Å². The highest BCUT2D eigenvalue weighted by molar-refractivity contribution is 6.21. The van der Waals surface area contributed by atoms with E-state index in [4.69, 9.17) is 5.11 Å². The van der Waals surface area contributed by atoms with Crippen molar-refractivity contribution in [3.8, 4) is 0 Å². The van der Waals surface area contributed by atoms with Crippen LogP contribution in [0.1, 0.15) is 17.7 Å². The highest BCUT2D eigenvalue weighted by atomic mass is 16.2. The van der Waals surface area contributed by atoms with E-state index in [1.807, 2.05) is 0 Å². The fourth-order valence-electron chi connectivity index (χ4n) is 1.54. The first-order chi connectivity index (χ1) is 6.33. The molecule has 0 unspecified atom stereocenters. The van der Waals surface area contributed by atoms with Crippen LogP contribution >= 0.6 is 0 Å². The molecule has 1 aliphatic rings. The van der Waals surface area contributed by atoms with Crippen LogP contribution in [0.3, 0.4) is 0 Å². The molecule has 1 heterocycles. The Labute approximate surface area is 75.7 Å². The third-order valence-electron chi connectivity index (χ3n) is 2.20. The molecule has 2 rings (SSSR count). The maximum absolute atomic E-state index is 11.3. The Morgan fingerprint density at radius 2 is 2.31 bits per heavy atom. The highest BCUT2D eigenvalue weighted by Crippen LogP contribution is 2.25. The minimum atomic E-state index is -0.0111. The van der Waals surface area contributed by atoms with Gasteiger partial charge in [-0.3, -0.25) is 9.78 Å². The van der Waals surface area contributed by atoms with Crippen LogP contribution in [-0.2, 0) is 11.2 Å². The van der Waals surface area contributed by atoms with Crippen LogP contribution in [0.2, 0.25) is 0 Å². The molecule has 1 aliphatic carbocycles. The van der Waals surface area contributed by atoms with E-state index >= 15 is 0 Å². The molecule has 0 amide bonds. The Balaban J connectivity index is 2.58. The van der Waals surface area contributed by atoms with Crippen molar-refractivity contribution in [1.82, 2.24) is 4.98 Å². The van der Waals surface area contributed by atoms with Crippen molar-refractivity contribution in [3.63, 3.8) is 0 Å². The third-order valence-corrected chi connectivity index (χ3v) is 2.20. The lowest BCUT2D eigenvalue weighted by Gasteiger charge is -2.15. The Kier molecular flexibility index (Phi) is 1.85. The zero-order valence-electron chi connectivity index (χ0n) is 7.03. The first kappa shape index (κ1) is 7.98. The quantitative estimate of drug-likeness (QED) is 0.480. The Morgan fingerprint density at radius 3 is 3.08 bits per heavy atom. The molecular weight excluding hydrogens is 166 g/mol. The van der Waals surface area contributed by atoms with E-state index in [0.29, 0.717) is 18.4 Å². The average Bonchev–Trinajstić information content (AvgIpc) is 2.18. The van der Waals surface area contributed by atoms with E-state index in [1.54, 1.807) is 18.3 Å². The van der Waals surface area contributed by atoms with Gasteiger partial charge in [-0.25, -0.2) is 0 Å². The topological polar surface area (TPSA) is 50.2 Å². The average molecular weight is 175 g/mol. The summed E-state index contributed by atoms with van der Waals surface area (Å²) in [7, 11) is 0. The SMILES string of the molecule is O=C1CCc2ncccc2/C1=C/O. The van der Waals surface area contributed by atoms with Crippen molar-refractivity contribution < 1.29 is 9.90 Å². The van der Waals surface area contributed by atoms with Gasteiger partial charge in [-0.1, -0.05) is 6.07 Å². The van der Waals surface area contributed by atoms with E-state index in [-0.39, 0.29) is 5.78 Å². The van der Waals surface area contributed by atoms with Crippen LogP contribution in [0.4, 0.5) is 0 Å². The number of aliphatic hydroxyl groups excluding tert-OH is 1. The minimum absolute atomic E-state index is 0.0111. The van der Waals surface area contributed by atoms with Crippen molar-refractivity contribution in [2.45, 2.75) is 12.8 Å². The van der Waals surface area contributed by atoms with Crippen LogP contribution in [0, 0.1) is 0 Å². The zero-order valence-corrected chi connectivity index (χ0v) is 7.03. The summed E-state index contributed by atoms with van der Waals surface area (Å²) in [5, 5.41) is 8.90. The number of aromatic nitrogens is 1. The molecule has 0 fully saturated rings. The second kappa shape index (κ2) is 3.01. The molecule has 0 aliphatic heterocycles. The second-order valence-electron chi connectivity index (χ2n) is 2.96. The molecular formula is C10H9NO2. The van der Waals surface area contributed by atoms with Crippen molar-refractivity contribution in [1.29, 1.82) is 0 Å². The number of rotatable bonds is 0. The number of aryl methyl sites for hydroxylation is 1. The number of hydrogen-bond acceptors (Lipinski definition) is 3. The van der Waals surface area contributed by atoms with Gasteiger partial charge in [0.05, 0.1) is 11.8 Å². The summed E-state index contributed by atoms with van der Waals surface area (Å²) in [4.78, 5) is 15.5. The Hall–Kier alpha value is -1.64. The minimum Gasteiger partial charge on any atom is -0.515 e. The van der Waals surface area contributed by atoms with Gasteiger partial charge in [0.2, 0.25) is 0 Å². The molecule has 1 aromatic rings. The van der Waals surface area contributed by atoms with Crippen molar-refractivity contribution >= 4 is 11.4 Å². The fraction of sp³-hybridized carbons (Fsp3) is 0.200. The van der Waals surface area contributed by atoms with Gasteiger partial charge in [-0.05, 0) is 12.5 Å². The summed E-state index contributed by atoms with van der Waals surface area (Å²) < 4.78 is 0. The number of carbonyl (C=O) groups is 1. The number of carbonyl (C=O) groups excluding carboxylic acids is 1. The predicted octanol–water partition coefficient (Wildman–Crippen LogP) is 1.50. The molecule has 0 aromatic carbocycles. The predicted molar refractivity (Wildman–Crippen MR) is 48.2 cm³/mol. The molecule has 0 saturated heterocycles. The molecule has 1 N–H and O–H groups in total. The number of pyridine rings is 1. The molecule has 0 atom stereocenters. The van der Waals surface area contributed by atoms with Gasteiger partial charge >= 0.3 is 0 Å². The first-order valence-corrected chi connectivity index (χ1v) is 4.15. The lowest BCUT2D eigenvalue weighted by atomic mass is 9.91. The number of nitrogens with zero attached hydrogens (tertiary/aromatic N) is 1. The van der Waals surface area contributed by atoms with Gasteiger partial charge in [-0.2, -0.15) is 0 Å². The maximum Gasteiger partial charge on any atom is 0.167 e. The lowest BCUT2D eigenvalue weighted by Crippen LogP contribution is -2.13. The fourth-order valence-corrected chi connectivity index (χ4v) is 1.54. The molecule has 0 radical (unpaired) electrons. The monoisotopic (exact) mass is 175 g/mol. The second-order valence-corrected chi connectivity index (χ2v) is 2.96. The maximum atomic E-state index is 11.3. The summed E-state index contributed by atoms with van der Waals surface area (Å²) in [5.74, 6) is -0.0111. The molecule has 0 spiro atoms. The number of hydrogen-bond donors (Lipinski definition) is 1. The highest BCUT2D eigenvalue weighted by Gasteiger charge is 2.21. The van der Waals surface area contributed by atoms with Crippen molar-refractivity contribution in [3.05, 3.63) is 35.8 Å². The molecule has 3 nitrogen and oxygen atoms in total. The standard InChI is InChI=1S/C10H9NO2/c12-6-8-7-2-1-5-11-9(7)3-4-10(8)13/h1-2,5-6,12H,3-4H2/b8-6-. The lowest BCUT2D eigenvalue weighted by molar-refractivity contribution is -0.114. The van der Waals surface area contributed by atoms with E-state index in [2.05, 4.69) is 4.98 Å². The largest absolute Gasteiger partial charge is 0.515 e. The van der Waals surface area contributed by atoms with Gasteiger partial charge in [0.1, 0.15) is 0 Å². The van der Waals surface area contributed by atoms with Gasteiger partial charge in [0, 0.05) is 23.9 Å². The smallest absolute Gasteiger partial charge is 0.167 e. The van der Waals surface area contributed by atoms with E-state index in [9.17, 15) is 4.79 Å². The summed E-state index contributed by atoms with van der Waals surface area (Å²) >= 11 is 0. The Bertz CT molecular complexity index is 382. The van der Waals surface area contributed by atoms with Gasteiger partial charge in [-0.15, -0.1) is 0 Å². The van der Waals surface area contributed by atoms with Crippen LogP contribution in [-0.4, -0.2) is 15.9 Å². The number of aliphatic hydroxyl groups is 1. The number of fused-ring (bicyclic) bond motifs is 1.